The summed E-state index contributed by atoms with van der Waals surface area (Å²) < 4.78 is 0. The van der Waals surface area contributed by atoms with E-state index in [1.165, 1.54) is 12.8 Å². The van der Waals surface area contributed by atoms with Gasteiger partial charge in [0.25, 0.3) is 0 Å². The molecular formula is C15H31N3O. The van der Waals surface area contributed by atoms with Crippen LogP contribution in [0.3, 0.4) is 0 Å². The maximum Gasteiger partial charge on any atom is 0.223 e. The largest absolute Gasteiger partial charge is 0.354 e. The Morgan fingerprint density at radius 1 is 1.37 bits per heavy atom. The van der Waals surface area contributed by atoms with Crippen molar-refractivity contribution in [2.24, 2.45) is 17.6 Å². The second kappa shape index (κ2) is 7.25. The number of likely N-dealkylation sites (N-methyl/N-ethyl adjacent to an activating group) is 1. The summed E-state index contributed by atoms with van der Waals surface area (Å²) in [5, 5.41) is 3.12. The van der Waals surface area contributed by atoms with Gasteiger partial charge in [0.1, 0.15) is 0 Å². The number of rotatable bonds is 6. The Labute approximate surface area is 118 Å². The number of nitrogens with one attached hydrogen (secondary N) is 1. The van der Waals surface area contributed by atoms with E-state index >= 15 is 0 Å². The summed E-state index contributed by atoms with van der Waals surface area (Å²) >= 11 is 0. The fourth-order valence-corrected chi connectivity index (χ4v) is 2.63. The molecule has 0 aromatic heterocycles. The number of nitrogens with two attached hydrogens (primary N) is 1. The van der Waals surface area contributed by atoms with Crippen LogP contribution in [0, 0.1) is 11.8 Å². The summed E-state index contributed by atoms with van der Waals surface area (Å²) in [6, 6.07) is 0. The van der Waals surface area contributed by atoms with E-state index in [-0.39, 0.29) is 17.4 Å². The molecule has 4 heteroatoms. The summed E-state index contributed by atoms with van der Waals surface area (Å²) in [5.41, 5.74) is 5.62. The van der Waals surface area contributed by atoms with Crippen molar-refractivity contribution in [2.45, 2.75) is 51.5 Å². The molecule has 1 saturated carbocycles. The highest BCUT2D eigenvalue weighted by Gasteiger charge is 2.28. The van der Waals surface area contributed by atoms with Crippen LogP contribution in [-0.2, 0) is 4.79 Å². The molecule has 3 N–H and O–H groups in total. The Morgan fingerprint density at radius 2 is 2.05 bits per heavy atom. The zero-order chi connectivity index (χ0) is 14.5. The molecule has 2 unspecified atom stereocenters. The van der Waals surface area contributed by atoms with Gasteiger partial charge in [0, 0.05) is 18.0 Å². The standard InChI is InChI=1S/C15H31N3O/c1-15(2,18(3)4)11-17-14(19)13-7-5-6-12(10-13)8-9-16/h12-13H,5-11,16H2,1-4H3,(H,17,19). The Bertz CT molecular complexity index is 287. The Morgan fingerprint density at radius 3 is 2.63 bits per heavy atom. The van der Waals surface area contributed by atoms with Gasteiger partial charge in [0.05, 0.1) is 0 Å². The van der Waals surface area contributed by atoms with E-state index in [9.17, 15) is 4.79 Å². The monoisotopic (exact) mass is 269 g/mol. The van der Waals surface area contributed by atoms with Gasteiger partial charge in [-0.3, -0.25) is 4.79 Å². The van der Waals surface area contributed by atoms with Gasteiger partial charge in [-0.2, -0.15) is 0 Å². The summed E-state index contributed by atoms with van der Waals surface area (Å²) in [4.78, 5) is 14.4. The van der Waals surface area contributed by atoms with Crippen molar-refractivity contribution >= 4 is 5.91 Å². The lowest BCUT2D eigenvalue weighted by atomic mass is 9.79. The average Bonchev–Trinajstić information content (AvgIpc) is 2.36. The second-order valence-electron chi connectivity index (χ2n) is 6.73. The van der Waals surface area contributed by atoms with Crippen LogP contribution in [0.5, 0.6) is 0 Å². The van der Waals surface area contributed by atoms with E-state index in [4.69, 9.17) is 5.73 Å². The maximum atomic E-state index is 12.3. The third-order valence-electron chi connectivity index (χ3n) is 4.63. The topological polar surface area (TPSA) is 58.4 Å². The van der Waals surface area contributed by atoms with Gasteiger partial charge in [-0.25, -0.2) is 0 Å². The third-order valence-corrected chi connectivity index (χ3v) is 4.63. The number of nitrogens with zero attached hydrogens (tertiary/aromatic N) is 1. The summed E-state index contributed by atoms with van der Waals surface area (Å²) in [6.45, 7) is 5.74. The number of hydrogen-bond donors (Lipinski definition) is 2. The second-order valence-corrected chi connectivity index (χ2v) is 6.73. The molecule has 0 heterocycles. The molecule has 0 aromatic rings. The van der Waals surface area contributed by atoms with Crippen molar-refractivity contribution in [3.8, 4) is 0 Å². The van der Waals surface area contributed by atoms with Gasteiger partial charge in [-0.05, 0) is 59.7 Å². The number of carbonyl (C=O) groups is 1. The van der Waals surface area contributed by atoms with Gasteiger partial charge < -0.3 is 16.0 Å². The lowest BCUT2D eigenvalue weighted by molar-refractivity contribution is -0.127. The van der Waals surface area contributed by atoms with E-state index in [1.54, 1.807) is 0 Å². The fraction of sp³-hybridized carbons (Fsp3) is 0.933. The first-order valence-electron chi connectivity index (χ1n) is 7.52. The Hall–Kier alpha value is -0.610. The van der Waals surface area contributed by atoms with Crippen molar-refractivity contribution in [1.29, 1.82) is 0 Å². The van der Waals surface area contributed by atoms with Crippen molar-refractivity contribution in [1.82, 2.24) is 10.2 Å². The van der Waals surface area contributed by atoms with E-state index in [2.05, 4.69) is 24.1 Å². The predicted molar refractivity (Wildman–Crippen MR) is 79.9 cm³/mol. The van der Waals surface area contributed by atoms with E-state index in [0.717, 1.165) is 25.8 Å². The molecule has 1 rings (SSSR count). The van der Waals surface area contributed by atoms with Crippen molar-refractivity contribution in [2.75, 3.05) is 27.2 Å². The first kappa shape index (κ1) is 16.4. The molecule has 4 nitrogen and oxygen atoms in total. The molecular weight excluding hydrogens is 238 g/mol. The lowest BCUT2D eigenvalue weighted by Crippen LogP contribution is -2.49. The molecule has 0 bridgehead atoms. The van der Waals surface area contributed by atoms with Crippen LogP contribution in [0.1, 0.15) is 46.0 Å². The van der Waals surface area contributed by atoms with Gasteiger partial charge in [0.2, 0.25) is 5.91 Å². The molecule has 0 radical (unpaired) electrons. The third kappa shape index (κ3) is 5.11. The average molecular weight is 269 g/mol. The molecule has 1 aliphatic carbocycles. The normalized spacial score (nSPS) is 24.5. The van der Waals surface area contributed by atoms with Gasteiger partial charge >= 0.3 is 0 Å². The van der Waals surface area contributed by atoms with Crippen LogP contribution < -0.4 is 11.1 Å². The summed E-state index contributed by atoms with van der Waals surface area (Å²) in [5.74, 6) is 1.08. The molecule has 0 spiro atoms. The van der Waals surface area contributed by atoms with Crippen LogP contribution in [0.2, 0.25) is 0 Å². The highest BCUT2D eigenvalue weighted by Crippen LogP contribution is 2.31. The minimum absolute atomic E-state index is 0.000979. The highest BCUT2D eigenvalue weighted by molar-refractivity contribution is 5.78. The van der Waals surface area contributed by atoms with Crippen LogP contribution in [0.25, 0.3) is 0 Å². The van der Waals surface area contributed by atoms with Crippen LogP contribution in [0.4, 0.5) is 0 Å². The summed E-state index contributed by atoms with van der Waals surface area (Å²) in [6.07, 6.45) is 5.53. The van der Waals surface area contributed by atoms with Gasteiger partial charge in [-0.15, -0.1) is 0 Å². The minimum atomic E-state index is 0.000979. The number of hydrogen-bond acceptors (Lipinski definition) is 3. The highest BCUT2D eigenvalue weighted by atomic mass is 16.1. The van der Waals surface area contributed by atoms with Crippen molar-refractivity contribution < 1.29 is 4.79 Å². The van der Waals surface area contributed by atoms with E-state index < -0.39 is 0 Å². The predicted octanol–water partition coefficient (Wildman–Crippen LogP) is 1.60. The molecule has 1 fully saturated rings. The number of carbonyl (C=O) groups excluding carboxylic acids is 1. The molecule has 0 aliphatic heterocycles. The maximum absolute atomic E-state index is 12.3. The molecule has 0 aromatic carbocycles. The van der Waals surface area contributed by atoms with E-state index in [0.29, 0.717) is 12.5 Å². The first-order chi connectivity index (χ1) is 8.86. The fourth-order valence-electron chi connectivity index (χ4n) is 2.63. The minimum Gasteiger partial charge on any atom is -0.354 e. The molecule has 0 saturated heterocycles. The van der Waals surface area contributed by atoms with Gasteiger partial charge in [0.15, 0.2) is 0 Å². The van der Waals surface area contributed by atoms with E-state index in [1.807, 2.05) is 14.1 Å². The molecule has 1 aliphatic rings. The van der Waals surface area contributed by atoms with Crippen molar-refractivity contribution in [3.05, 3.63) is 0 Å². The quantitative estimate of drug-likeness (QED) is 0.770. The first-order valence-corrected chi connectivity index (χ1v) is 7.52. The molecule has 1 amide bonds. The zero-order valence-electron chi connectivity index (χ0n) is 13.0. The molecule has 112 valence electrons. The summed E-state index contributed by atoms with van der Waals surface area (Å²) in [7, 11) is 4.09. The molecule has 19 heavy (non-hydrogen) atoms. The van der Waals surface area contributed by atoms with Crippen LogP contribution >= 0.6 is 0 Å². The zero-order valence-corrected chi connectivity index (χ0v) is 13.0. The van der Waals surface area contributed by atoms with Crippen molar-refractivity contribution in [3.63, 3.8) is 0 Å². The SMILES string of the molecule is CN(C)C(C)(C)CNC(=O)C1CCCC(CCN)C1. The smallest absolute Gasteiger partial charge is 0.223 e. The number of amides is 1. The molecule has 2 atom stereocenters. The Balaban J connectivity index is 2.41. The van der Waals surface area contributed by atoms with Crippen LogP contribution in [0.15, 0.2) is 0 Å². The van der Waals surface area contributed by atoms with Crippen LogP contribution in [-0.4, -0.2) is 43.5 Å². The Kier molecular flexibility index (Phi) is 6.27. The van der Waals surface area contributed by atoms with Gasteiger partial charge in [-0.1, -0.05) is 12.8 Å². The lowest BCUT2D eigenvalue weighted by Gasteiger charge is -2.34.